The number of aryl methyl sites for hydroxylation is 1. The van der Waals surface area contributed by atoms with E-state index in [1.54, 1.807) is 23.5 Å². The van der Waals surface area contributed by atoms with Crippen LogP contribution < -0.4 is 10.1 Å². The number of carbonyl (C=O) groups excluding carboxylic acids is 1. The summed E-state index contributed by atoms with van der Waals surface area (Å²) in [5.41, 5.74) is 1.52. The SMILES string of the molecule is COc1ccc(S(=O)(=O)N2CCCC(C(=O)Nc3ccc4sc(C)nc4c3)C2)cc1. The molecule has 0 saturated carbocycles. The van der Waals surface area contributed by atoms with Crippen LogP contribution in [0.2, 0.25) is 0 Å². The highest BCUT2D eigenvalue weighted by Crippen LogP contribution is 2.27. The van der Waals surface area contributed by atoms with Gasteiger partial charge in [-0.3, -0.25) is 4.79 Å². The van der Waals surface area contributed by atoms with E-state index in [0.29, 0.717) is 30.8 Å². The number of anilines is 1. The van der Waals surface area contributed by atoms with Gasteiger partial charge in [0.05, 0.1) is 33.1 Å². The Kier molecular flexibility index (Phi) is 5.77. The molecule has 1 N–H and O–H groups in total. The number of rotatable bonds is 5. The normalized spacial score (nSPS) is 17.7. The Hall–Kier alpha value is -2.49. The molecule has 0 bridgehead atoms. The maximum Gasteiger partial charge on any atom is 0.243 e. The molecule has 0 spiro atoms. The highest BCUT2D eigenvalue weighted by Gasteiger charge is 2.33. The van der Waals surface area contributed by atoms with Crippen molar-refractivity contribution in [2.75, 3.05) is 25.5 Å². The number of nitrogens with zero attached hydrogens (tertiary/aromatic N) is 2. The lowest BCUT2D eigenvalue weighted by atomic mass is 9.98. The number of benzene rings is 2. The van der Waals surface area contributed by atoms with Gasteiger partial charge in [-0.25, -0.2) is 13.4 Å². The zero-order chi connectivity index (χ0) is 21.3. The summed E-state index contributed by atoms with van der Waals surface area (Å²) in [6, 6.07) is 12.0. The summed E-state index contributed by atoms with van der Waals surface area (Å²) in [5, 5.41) is 3.90. The maximum atomic E-state index is 13.0. The summed E-state index contributed by atoms with van der Waals surface area (Å²) >= 11 is 1.61. The number of aromatic nitrogens is 1. The van der Waals surface area contributed by atoms with Crippen LogP contribution >= 0.6 is 11.3 Å². The highest BCUT2D eigenvalue weighted by atomic mass is 32.2. The van der Waals surface area contributed by atoms with Gasteiger partial charge in [-0.1, -0.05) is 0 Å². The molecule has 0 aliphatic carbocycles. The fourth-order valence-corrected chi connectivity index (χ4v) is 5.97. The van der Waals surface area contributed by atoms with Crippen molar-refractivity contribution in [2.24, 2.45) is 5.92 Å². The van der Waals surface area contributed by atoms with Crippen molar-refractivity contribution in [3.8, 4) is 5.75 Å². The van der Waals surface area contributed by atoms with Crippen LogP contribution in [-0.4, -0.2) is 43.8 Å². The second-order valence-electron chi connectivity index (χ2n) is 7.28. The second kappa shape index (κ2) is 8.33. The van der Waals surface area contributed by atoms with E-state index in [1.165, 1.54) is 23.5 Å². The molecule has 158 valence electrons. The first-order valence-corrected chi connectivity index (χ1v) is 11.9. The summed E-state index contributed by atoms with van der Waals surface area (Å²) < 4.78 is 33.6. The molecule has 1 aromatic heterocycles. The molecule has 1 unspecified atom stereocenters. The van der Waals surface area contributed by atoms with Gasteiger partial charge in [0.25, 0.3) is 0 Å². The molecule has 2 aromatic carbocycles. The topological polar surface area (TPSA) is 88.6 Å². The van der Waals surface area contributed by atoms with Crippen molar-refractivity contribution < 1.29 is 17.9 Å². The van der Waals surface area contributed by atoms with Gasteiger partial charge >= 0.3 is 0 Å². The van der Waals surface area contributed by atoms with Gasteiger partial charge in [0.1, 0.15) is 5.75 Å². The molecule has 9 heteroatoms. The molecule has 3 aromatic rings. The Morgan fingerprint density at radius 1 is 1.23 bits per heavy atom. The maximum absolute atomic E-state index is 13.0. The number of thiazole rings is 1. The molecule has 1 atom stereocenters. The monoisotopic (exact) mass is 445 g/mol. The Labute approximate surface area is 179 Å². The van der Waals surface area contributed by atoms with Gasteiger partial charge in [-0.05, 0) is 62.2 Å². The lowest BCUT2D eigenvalue weighted by molar-refractivity contribution is -0.120. The van der Waals surface area contributed by atoms with Crippen molar-refractivity contribution in [1.82, 2.24) is 9.29 Å². The van der Waals surface area contributed by atoms with Crippen molar-refractivity contribution in [3.05, 3.63) is 47.5 Å². The minimum Gasteiger partial charge on any atom is -0.497 e. The fourth-order valence-electron chi connectivity index (χ4n) is 3.64. The predicted molar refractivity (Wildman–Crippen MR) is 117 cm³/mol. The van der Waals surface area contributed by atoms with Gasteiger partial charge < -0.3 is 10.1 Å². The summed E-state index contributed by atoms with van der Waals surface area (Å²) in [6.07, 6.45) is 1.29. The smallest absolute Gasteiger partial charge is 0.243 e. The summed E-state index contributed by atoms with van der Waals surface area (Å²) in [7, 11) is -2.13. The molecule has 1 aliphatic rings. The number of sulfonamides is 1. The Balaban J connectivity index is 1.47. The molecule has 1 saturated heterocycles. The van der Waals surface area contributed by atoms with Crippen molar-refractivity contribution in [1.29, 1.82) is 0 Å². The number of nitrogens with one attached hydrogen (secondary N) is 1. The molecule has 2 heterocycles. The predicted octanol–water partition coefficient (Wildman–Crippen LogP) is 3.65. The van der Waals surface area contributed by atoms with E-state index >= 15 is 0 Å². The van der Waals surface area contributed by atoms with Gasteiger partial charge in [0, 0.05) is 18.8 Å². The number of hydrogen-bond acceptors (Lipinski definition) is 6. The van der Waals surface area contributed by atoms with E-state index in [2.05, 4.69) is 10.3 Å². The average Bonchev–Trinajstić information content (AvgIpc) is 3.13. The molecule has 30 heavy (non-hydrogen) atoms. The quantitative estimate of drug-likeness (QED) is 0.648. The van der Waals surface area contributed by atoms with Gasteiger partial charge in [0.15, 0.2) is 0 Å². The van der Waals surface area contributed by atoms with Crippen LogP contribution in [0.1, 0.15) is 17.8 Å². The number of fused-ring (bicyclic) bond motifs is 1. The van der Waals surface area contributed by atoms with Gasteiger partial charge in [-0.15, -0.1) is 11.3 Å². The number of hydrogen-bond donors (Lipinski definition) is 1. The lowest BCUT2D eigenvalue weighted by Gasteiger charge is -2.31. The van der Waals surface area contributed by atoms with Gasteiger partial charge in [0.2, 0.25) is 15.9 Å². The van der Waals surface area contributed by atoms with Crippen LogP contribution in [0.5, 0.6) is 5.75 Å². The third-order valence-electron chi connectivity index (χ3n) is 5.21. The molecule has 1 aliphatic heterocycles. The van der Waals surface area contributed by atoms with Gasteiger partial charge in [-0.2, -0.15) is 4.31 Å². The summed E-state index contributed by atoms with van der Waals surface area (Å²) in [6.45, 7) is 2.52. The third-order valence-corrected chi connectivity index (χ3v) is 8.05. The van der Waals surface area contributed by atoms with Crippen LogP contribution in [0.4, 0.5) is 5.69 Å². The third kappa shape index (κ3) is 4.19. The number of amides is 1. The number of methoxy groups -OCH3 is 1. The summed E-state index contributed by atoms with van der Waals surface area (Å²) in [4.78, 5) is 17.5. The Morgan fingerprint density at radius 2 is 2.00 bits per heavy atom. The molecule has 4 rings (SSSR count). The molecular weight excluding hydrogens is 422 g/mol. The molecule has 1 fully saturated rings. The van der Waals surface area contributed by atoms with Crippen LogP contribution in [0.3, 0.4) is 0 Å². The van der Waals surface area contributed by atoms with Crippen LogP contribution in [-0.2, 0) is 14.8 Å². The minimum atomic E-state index is -3.66. The minimum absolute atomic E-state index is 0.165. The molecule has 1 amide bonds. The first kappa shape index (κ1) is 20.8. The zero-order valence-corrected chi connectivity index (χ0v) is 18.4. The van der Waals surface area contributed by atoms with E-state index in [9.17, 15) is 13.2 Å². The van der Waals surface area contributed by atoms with Crippen LogP contribution in [0.15, 0.2) is 47.4 Å². The zero-order valence-electron chi connectivity index (χ0n) is 16.8. The second-order valence-corrected chi connectivity index (χ2v) is 10.5. The van der Waals surface area contributed by atoms with Crippen LogP contribution in [0, 0.1) is 12.8 Å². The largest absolute Gasteiger partial charge is 0.497 e. The van der Waals surface area contributed by atoms with E-state index in [4.69, 9.17) is 4.74 Å². The van der Waals surface area contributed by atoms with E-state index in [0.717, 1.165) is 15.2 Å². The first-order valence-electron chi connectivity index (χ1n) is 9.69. The van der Waals surface area contributed by atoms with E-state index in [-0.39, 0.29) is 17.3 Å². The van der Waals surface area contributed by atoms with Crippen LogP contribution in [0.25, 0.3) is 10.2 Å². The first-order chi connectivity index (χ1) is 14.4. The van der Waals surface area contributed by atoms with Crippen molar-refractivity contribution in [3.63, 3.8) is 0 Å². The Morgan fingerprint density at radius 3 is 2.73 bits per heavy atom. The standard InChI is InChI=1S/C21H23N3O4S2/c1-14-22-19-12-16(5-10-20(19)29-14)23-21(25)15-4-3-11-24(13-15)30(26,27)18-8-6-17(28-2)7-9-18/h5-10,12,15H,3-4,11,13H2,1-2H3,(H,23,25). The number of piperidine rings is 1. The lowest BCUT2D eigenvalue weighted by Crippen LogP contribution is -2.43. The van der Waals surface area contributed by atoms with E-state index in [1.807, 2.05) is 25.1 Å². The Bertz CT molecular complexity index is 1170. The molecular formula is C21H23N3O4S2. The van der Waals surface area contributed by atoms with E-state index < -0.39 is 15.9 Å². The number of carbonyl (C=O) groups is 1. The molecule has 7 nitrogen and oxygen atoms in total. The fraction of sp³-hybridized carbons (Fsp3) is 0.333. The number of ether oxygens (including phenoxy) is 1. The van der Waals surface area contributed by atoms with Crippen molar-refractivity contribution in [2.45, 2.75) is 24.7 Å². The molecule has 0 radical (unpaired) electrons. The van der Waals surface area contributed by atoms with Crippen molar-refractivity contribution >= 4 is 43.2 Å². The highest BCUT2D eigenvalue weighted by molar-refractivity contribution is 7.89. The summed E-state index contributed by atoms with van der Waals surface area (Å²) in [5.74, 6) is 0.0210. The average molecular weight is 446 g/mol.